The molecule has 1 rings (SSSR count). The summed E-state index contributed by atoms with van der Waals surface area (Å²) in [5, 5.41) is 2.63. The van der Waals surface area contributed by atoms with Gasteiger partial charge in [0.1, 0.15) is 5.54 Å². The number of carbonyl (C=O) groups is 2. The van der Waals surface area contributed by atoms with Gasteiger partial charge in [0.25, 0.3) is 0 Å². The lowest BCUT2D eigenvalue weighted by molar-refractivity contribution is -0.152. The summed E-state index contributed by atoms with van der Waals surface area (Å²) in [6.07, 6.45) is 1.91. The molecule has 0 saturated carbocycles. The molecule has 1 atom stereocenters. The summed E-state index contributed by atoms with van der Waals surface area (Å²) in [4.78, 5) is 22.2. The molecule has 0 radical (unpaired) electrons. The summed E-state index contributed by atoms with van der Waals surface area (Å²) in [6.45, 7) is 1.69. The number of hydrogen-bond acceptors (Lipinski definition) is 3. The molecule has 1 amide bonds. The van der Waals surface area contributed by atoms with Crippen molar-refractivity contribution in [3.63, 3.8) is 0 Å². The molecule has 0 aromatic carbocycles. The zero-order valence-corrected chi connectivity index (χ0v) is 7.35. The monoisotopic (exact) mass is 171 g/mol. The fourth-order valence-electron chi connectivity index (χ4n) is 1.41. The molecule has 12 heavy (non-hydrogen) atoms. The maximum Gasteiger partial charge on any atom is 0.331 e. The Hall–Kier alpha value is -1.06. The first kappa shape index (κ1) is 9.03. The number of methoxy groups -OCH3 is 1. The van der Waals surface area contributed by atoms with E-state index in [1.165, 1.54) is 7.11 Å². The van der Waals surface area contributed by atoms with Gasteiger partial charge in [-0.1, -0.05) is 0 Å². The van der Waals surface area contributed by atoms with Crippen molar-refractivity contribution in [3.8, 4) is 0 Å². The molecule has 4 nitrogen and oxygen atoms in total. The predicted octanol–water partition coefficient (Wildman–Crippen LogP) is 0.218. The first-order valence-corrected chi connectivity index (χ1v) is 3.98. The van der Waals surface area contributed by atoms with Crippen molar-refractivity contribution in [3.05, 3.63) is 0 Å². The maximum absolute atomic E-state index is 11.2. The van der Waals surface area contributed by atoms with Crippen molar-refractivity contribution in [2.45, 2.75) is 31.7 Å². The van der Waals surface area contributed by atoms with Crippen LogP contribution in [0.5, 0.6) is 0 Å². The molecule has 1 unspecified atom stereocenters. The van der Waals surface area contributed by atoms with Crippen LogP contribution in [0.15, 0.2) is 0 Å². The lowest BCUT2D eigenvalue weighted by Crippen LogP contribution is -2.55. The van der Waals surface area contributed by atoms with Gasteiger partial charge in [-0.25, -0.2) is 4.79 Å². The Morgan fingerprint density at radius 3 is 2.83 bits per heavy atom. The quantitative estimate of drug-likeness (QED) is 0.574. The summed E-state index contributed by atoms with van der Waals surface area (Å²) < 4.78 is 4.59. The summed E-state index contributed by atoms with van der Waals surface area (Å²) >= 11 is 0. The average Bonchev–Trinajstić information content (AvgIpc) is 2.02. The number of esters is 1. The lowest BCUT2D eigenvalue weighted by atomic mass is 9.91. The van der Waals surface area contributed by atoms with E-state index >= 15 is 0 Å². The third kappa shape index (κ3) is 1.57. The van der Waals surface area contributed by atoms with Crippen LogP contribution in [0.25, 0.3) is 0 Å². The molecule has 0 bridgehead atoms. The molecule has 0 aliphatic carbocycles. The van der Waals surface area contributed by atoms with Gasteiger partial charge in [0, 0.05) is 6.42 Å². The van der Waals surface area contributed by atoms with Crippen LogP contribution >= 0.6 is 0 Å². The van der Waals surface area contributed by atoms with Crippen LogP contribution in [0.1, 0.15) is 26.2 Å². The Balaban J connectivity index is 2.69. The highest BCUT2D eigenvalue weighted by atomic mass is 16.5. The van der Waals surface area contributed by atoms with E-state index < -0.39 is 5.54 Å². The van der Waals surface area contributed by atoms with Crippen LogP contribution in [0.2, 0.25) is 0 Å². The van der Waals surface area contributed by atoms with Crippen molar-refractivity contribution in [1.82, 2.24) is 5.32 Å². The number of amides is 1. The van der Waals surface area contributed by atoms with E-state index in [4.69, 9.17) is 0 Å². The number of carbonyl (C=O) groups excluding carboxylic acids is 2. The summed E-state index contributed by atoms with van der Waals surface area (Å²) in [5.74, 6) is -0.440. The molecule has 1 heterocycles. The van der Waals surface area contributed by atoms with E-state index in [9.17, 15) is 9.59 Å². The first-order chi connectivity index (χ1) is 5.58. The molecule has 1 saturated heterocycles. The standard InChI is InChI=1S/C8H13NO3/c1-8(7(11)12-2)5-3-4-6(10)9-8/h3-5H2,1-2H3,(H,9,10). The summed E-state index contributed by atoms with van der Waals surface area (Å²) in [7, 11) is 1.33. The summed E-state index contributed by atoms with van der Waals surface area (Å²) in [5.41, 5.74) is -0.802. The lowest BCUT2D eigenvalue weighted by Gasteiger charge is -2.31. The van der Waals surface area contributed by atoms with Gasteiger partial charge in [-0.2, -0.15) is 0 Å². The van der Waals surface area contributed by atoms with Gasteiger partial charge in [0.15, 0.2) is 0 Å². The van der Waals surface area contributed by atoms with Crippen LogP contribution in [-0.2, 0) is 14.3 Å². The third-order valence-corrected chi connectivity index (χ3v) is 2.13. The van der Waals surface area contributed by atoms with E-state index in [0.29, 0.717) is 12.8 Å². The van der Waals surface area contributed by atoms with Gasteiger partial charge in [-0.15, -0.1) is 0 Å². The number of rotatable bonds is 1. The molecule has 1 N–H and O–H groups in total. The van der Waals surface area contributed by atoms with Gasteiger partial charge in [-0.3, -0.25) is 4.79 Å². The summed E-state index contributed by atoms with van der Waals surface area (Å²) in [6, 6.07) is 0. The number of nitrogens with one attached hydrogen (secondary N) is 1. The van der Waals surface area contributed by atoms with Gasteiger partial charge in [0.2, 0.25) is 5.91 Å². The molecule has 1 aliphatic rings. The number of ether oxygens (including phenoxy) is 1. The Labute approximate surface area is 71.3 Å². The van der Waals surface area contributed by atoms with Crippen molar-refractivity contribution in [2.24, 2.45) is 0 Å². The van der Waals surface area contributed by atoms with Crippen LogP contribution in [0, 0.1) is 0 Å². The second kappa shape index (κ2) is 3.13. The first-order valence-electron chi connectivity index (χ1n) is 3.98. The normalized spacial score (nSPS) is 29.3. The minimum absolute atomic E-state index is 0.0749. The van der Waals surface area contributed by atoms with Crippen LogP contribution in [0.3, 0.4) is 0 Å². The smallest absolute Gasteiger partial charge is 0.331 e. The topological polar surface area (TPSA) is 55.4 Å². The largest absolute Gasteiger partial charge is 0.467 e. The molecule has 1 aliphatic heterocycles. The van der Waals surface area contributed by atoms with Crippen molar-refractivity contribution in [1.29, 1.82) is 0 Å². The zero-order chi connectivity index (χ0) is 9.19. The van der Waals surface area contributed by atoms with E-state index in [0.717, 1.165) is 6.42 Å². The van der Waals surface area contributed by atoms with Crippen molar-refractivity contribution < 1.29 is 14.3 Å². The second-order valence-electron chi connectivity index (χ2n) is 3.23. The molecule has 68 valence electrons. The van der Waals surface area contributed by atoms with Gasteiger partial charge < -0.3 is 10.1 Å². The van der Waals surface area contributed by atoms with Gasteiger partial charge in [-0.05, 0) is 19.8 Å². The molecular formula is C8H13NO3. The van der Waals surface area contributed by atoms with Crippen LogP contribution in [-0.4, -0.2) is 24.5 Å². The van der Waals surface area contributed by atoms with Crippen LogP contribution < -0.4 is 5.32 Å². The highest BCUT2D eigenvalue weighted by molar-refractivity contribution is 5.88. The van der Waals surface area contributed by atoms with Gasteiger partial charge in [0.05, 0.1) is 7.11 Å². The fraction of sp³-hybridized carbons (Fsp3) is 0.750. The number of piperidine rings is 1. The Kier molecular flexibility index (Phi) is 2.35. The Morgan fingerprint density at radius 1 is 1.67 bits per heavy atom. The van der Waals surface area contributed by atoms with E-state index in [2.05, 4.69) is 10.1 Å². The zero-order valence-electron chi connectivity index (χ0n) is 7.35. The molecule has 0 aromatic heterocycles. The van der Waals surface area contributed by atoms with Crippen molar-refractivity contribution in [2.75, 3.05) is 7.11 Å². The van der Waals surface area contributed by atoms with Crippen molar-refractivity contribution >= 4 is 11.9 Å². The Bertz CT molecular complexity index is 214. The van der Waals surface area contributed by atoms with Gasteiger partial charge >= 0.3 is 5.97 Å². The minimum Gasteiger partial charge on any atom is -0.467 e. The highest BCUT2D eigenvalue weighted by Crippen LogP contribution is 2.20. The molecule has 1 fully saturated rings. The predicted molar refractivity (Wildman–Crippen MR) is 42.4 cm³/mol. The molecular weight excluding hydrogens is 158 g/mol. The average molecular weight is 171 g/mol. The molecule has 0 aromatic rings. The fourth-order valence-corrected chi connectivity index (χ4v) is 1.41. The van der Waals surface area contributed by atoms with E-state index in [1.54, 1.807) is 6.92 Å². The SMILES string of the molecule is COC(=O)C1(C)CCCC(=O)N1. The Morgan fingerprint density at radius 2 is 2.33 bits per heavy atom. The maximum atomic E-state index is 11.2. The number of hydrogen-bond donors (Lipinski definition) is 1. The van der Waals surface area contributed by atoms with E-state index in [1.807, 2.05) is 0 Å². The van der Waals surface area contributed by atoms with Crippen LogP contribution in [0.4, 0.5) is 0 Å². The third-order valence-electron chi connectivity index (χ3n) is 2.13. The molecule has 0 spiro atoms. The molecule has 4 heteroatoms. The minimum atomic E-state index is -0.802. The van der Waals surface area contributed by atoms with E-state index in [-0.39, 0.29) is 11.9 Å². The second-order valence-corrected chi connectivity index (χ2v) is 3.23. The highest BCUT2D eigenvalue weighted by Gasteiger charge is 2.38.